The Kier molecular flexibility index (Phi) is 4.85. The molecule has 158 valence electrons. The Balaban J connectivity index is 1.45. The fourth-order valence-electron chi connectivity index (χ4n) is 4.57. The largest absolute Gasteiger partial charge is 0.365 e. The Morgan fingerprint density at radius 2 is 1.68 bits per heavy atom. The van der Waals surface area contributed by atoms with Gasteiger partial charge < -0.3 is 9.80 Å². The van der Waals surface area contributed by atoms with Crippen LogP contribution in [-0.2, 0) is 0 Å². The van der Waals surface area contributed by atoms with Gasteiger partial charge in [0.2, 0.25) is 0 Å². The molecule has 2 aromatic heterocycles. The number of benzene rings is 2. The van der Waals surface area contributed by atoms with Crippen LogP contribution in [0.2, 0.25) is 0 Å². The molecule has 0 bridgehead atoms. The predicted octanol–water partition coefficient (Wildman–Crippen LogP) is 4.46. The first-order chi connectivity index (χ1) is 15.0. The van der Waals surface area contributed by atoms with Gasteiger partial charge in [-0.25, -0.2) is 14.6 Å². The molecule has 0 spiro atoms. The lowest BCUT2D eigenvalue weighted by Gasteiger charge is -2.42. The quantitative estimate of drug-likeness (QED) is 0.497. The number of hydrogen-bond donors (Lipinski definition) is 0. The number of nitrogens with zero attached hydrogens (tertiary/aromatic N) is 6. The summed E-state index contributed by atoms with van der Waals surface area (Å²) < 4.78 is 1.93. The molecule has 0 N–H and O–H groups in total. The van der Waals surface area contributed by atoms with Crippen molar-refractivity contribution in [1.82, 2.24) is 19.7 Å². The van der Waals surface area contributed by atoms with Crippen molar-refractivity contribution in [3.05, 3.63) is 71.7 Å². The van der Waals surface area contributed by atoms with E-state index in [1.165, 1.54) is 22.4 Å². The van der Waals surface area contributed by atoms with E-state index in [0.717, 1.165) is 42.2 Å². The summed E-state index contributed by atoms with van der Waals surface area (Å²) in [4.78, 5) is 14.1. The van der Waals surface area contributed by atoms with E-state index in [0.29, 0.717) is 6.04 Å². The highest BCUT2D eigenvalue weighted by Gasteiger charge is 2.26. The van der Waals surface area contributed by atoms with E-state index in [4.69, 9.17) is 0 Å². The first kappa shape index (κ1) is 19.5. The summed E-state index contributed by atoms with van der Waals surface area (Å²) in [5.41, 5.74) is 6.92. The molecule has 3 heterocycles. The molecule has 5 rings (SSSR count). The molecule has 6 nitrogen and oxygen atoms in total. The minimum Gasteiger partial charge on any atom is -0.365 e. The van der Waals surface area contributed by atoms with Crippen LogP contribution in [0.4, 0.5) is 11.5 Å². The molecule has 0 saturated carbocycles. The molecule has 0 aliphatic carbocycles. The molecule has 4 aromatic rings. The lowest BCUT2D eigenvalue weighted by Crippen LogP contribution is -2.52. The monoisotopic (exact) mass is 412 g/mol. The normalized spacial score (nSPS) is 16.8. The van der Waals surface area contributed by atoms with Gasteiger partial charge in [0.05, 0.1) is 17.3 Å². The number of aryl methyl sites for hydroxylation is 3. The van der Waals surface area contributed by atoms with Gasteiger partial charge in [-0.05, 0) is 51.5 Å². The average molecular weight is 413 g/mol. The maximum absolute atomic E-state index is 4.68. The maximum atomic E-state index is 4.68. The Labute approximate surface area is 183 Å². The van der Waals surface area contributed by atoms with Crippen molar-refractivity contribution in [1.29, 1.82) is 0 Å². The van der Waals surface area contributed by atoms with Crippen LogP contribution in [0, 0.1) is 20.8 Å². The van der Waals surface area contributed by atoms with Crippen molar-refractivity contribution in [2.45, 2.75) is 33.7 Å². The lowest BCUT2D eigenvalue weighted by molar-refractivity contribution is 0.548. The topological polar surface area (TPSA) is 50.1 Å². The number of piperazine rings is 1. The van der Waals surface area contributed by atoms with Gasteiger partial charge in [-0.3, -0.25) is 0 Å². The fourth-order valence-corrected chi connectivity index (χ4v) is 4.57. The first-order valence-electron chi connectivity index (χ1n) is 10.9. The summed E-state index contributed by atoms with van der Waals surface area (Å²) in [5, 5.41) is 5.68. The number of fused-ring (bicyclic) bond motifs is 1. The van der Waals surface area contributed by atoms with E-state index in [9.17, 15) is 0 Å². The molecule has 6 heteroatoms. The van der Waals surface area contributed by atoms with Crippen LogP contribution in [-0.4, -0.2) is 45.4 Å². The maximum Gasteiger partial charge on any atom is 0.168 e. The number of hydrogen-bond acceptors (Lipinski definition) is 5. The van der Waals surface area contributed by atoms with Crippen LogP contribution in [0.1, 0.15) is 23.6 Å². The second-order valence-electron chi connectivity index (χ2n) is 8.60. The van der Waals surface area contributed by atoms with Gasteiger partial charge in [0.25, 0.3) is 0 Å². The molecule has 2 aromatic carbocycles. The molecule has 1 aliphatic rings. The van der Waals surface area contributed by atoms with E-state index in [1.54, 1.807) is 6.33 Å². The third-order valence-electron chi connectivity index (χ3n) is 6.22. The molecular formula is C25H28N6. The van der Waals surface area contributed by atoms with Crippen molar-refractivity contribution >= 4 is 22.5 Å². The van der Waals surface area contributed by atoms with Gasteiger partial charge in [0, 0.05) is 31.4 Å². The molecule has 31 heavy (non-hydrogen) atoms. The van der Waals surface area contributed by atoms with Crippen LogP contribution in [0.15, 0.2) is 55.0 Å². The molecule has 1 fully saturated rings. The zero-order chi connectivity index (χ0) is 21.5. The van der Waals surface area contributed by atoms with E-state index >= 15 is 0 Å². The third kappa shape index (κ3) is 3.52. The fraction of sp³-hybridized carbons (Fsp3) is 0.320. The van der Waals surface area contributed by atoms with Gasteiger partial charge in [-0.15, -0.1) is 0 Å². The standard InChI is InChI=1S/C25H28N6/c1-17-5-8-21(9-6-17)30-12-11-29(15-20(30)4)24-22-14-28-31(25(22)27-16-26-24)23-10-7-18(2)13-19(23)3/h5-10,13-14,16,20H,11-12,15H2,1-4H3. The van der Waals surface area contributed by atoms with Gasteiger partial charge in [0.15, 0.2) is 5.65 Å². The molecule has 1 unspecified atom stereocenters. The van der Waals surface area contributed by atoms with E-state index in [1.807, 2.05) is 10.9 Å². The predicted molar refractivity (Wildman–Crippen MR) is 126 cm³/mol. The van der Waals surface area contributed by atoms with E-state index < -0.39 is 0 Å². The Morgan fingerprint density at radius 1 is 0.903 bits per heavy atom. The summed E-state index contributed by atoms with van der Waals surface area (Å²) in [6.07, 6.45) is 3.57. The molecule has 1 aliphatic heterocycles. The molecule has 0 radical (unpaired) electrons. The number of rotatable bonds is 3. The van der Waals surface area contributed by atoms with Crippen LogP contribution < -0.4 is 9.80 Å². The minimum atomic E-state index is 0.385. The SMILES string of the molecule is Cc1ccc(N2CCN(c3ncnc4c3cnn4-c3ccc(C)cc3C)CC2C)cc1. The zero-order valence-corrected chi connectivity index (χ0v) is 18.6. The van der Waals surface area contributed by atoms with Gasteiger partial charge in [0.1, 0.15) is 12.1 Å². The minimum absolute atomic E-state index is 0.385. The number of aromatic nitrogens is 4. The average Bonchev–Trinajstić information content (AvgIpc) is 3.18. The first-order valence-corrected chi connectivity index (χ1v) is 10.9. The smallest absolute Gasteiger partial charge is 0.168 e. The third-order valence-corrected chi connectivity index (χ3v) is 6.22. The Bertz CT molecular complexity index is 1230. The van der Waals surface area contributed by atoms with Gasteiger partial charge >= 0.3 is 0 Å². The van der Waals surface area contributed by atoms with Crippen molar-refractivity contribution < 1.29 is 0 Å². The van der Waals surface area contributed by atoms with Crippen molar-refractivity contribution in [3.63, 3.8) is 0 Å². The van der Waals surface area contributed by atoms with Crippen LogP contribution in [0.5, 0.6) is 0 Å². The zero-order valence-electron chi connectivity index (χ0n) is 18.6. The van der Waals surface area contributed by atoms with Crippen LogP contribution >= 0.6 is 0 Å². The highest BCUT2D eigenvalue weighted by atomic mass is 15.3. The second-order valence-corrected chi connectivity index (χ2v) is 8.60. The molecular weight excluding hydrogens is 384 g/mol. The Hall–Kier alpha value is -3.41. The summed E-state index contributed by atoms with van der Waals surface area (Å²) in [5.74, 6) is 0.969. The van der Waals surface area contributed by atoms with Crippen molar-refractivity contribution in [2.24, 2.45) is 0 Å². The van der Waals surface area contributed by atoms with Crippen molar-refractivity contribution in [2.75, 3.05) is 29.4 Å². The summed E-state index contributed by atoms with van der Waals surface area (Å²) in [6.45, 7) is 11.4. The molecule has 1 saturated heterocycles. The lowest BCUT2D eigenvalue weighted by atomic mass is 10.1. The van der Waals surface area contributed by atoms with E-state index in [-0.39, 0.29) is 0 Å². The summed E-state index contributed by atoms with van der Waals surface area (Å²) in [6, 6.07) is 15.6. The number of anilines is 2. The van der Waals surface area contributed by atoms with E-state index in [2.05, 4.69) is 95.0 Å². The van der Waals surface area contributed by atoms with Crippen molar-refractivity contribution in [3.8, 4) is 5.69 Å². The molecule has 0 amide bonds. The van der Waals surface area contributed by atoms with Gasteiger partial charge in [-0.1, -0.05) is 35.4 Å². The second kappa shape index (κ2) is 7.69. The summed E-state index contributed by atoms with van der Waals surface area (Å²) in [7, 11) is 0. The molecule has 1 atom stereocenters. The van der Waals surface area contributed by atoms with Crippen LogP contribution in [0.25, 0.3) is 16.7 Å². The highest BCUT2D eigenvalue weighted by Crippen LogP contribution is 2.29. The van der Waals surface area contributed by atoms with Gasteiger partial charge in [-0.2, -0.15) is 5.10 Å². The van der Waals surface area contributed by atoms with Crippen LogP contribution in [0.3, 0.4) is 0 Å². The Morgan fingerprint density at radius 3 is 2.42 bits per heavy atom. The summed E-state index contributed by atoms with van der Waals surface area (Å²) >= 11 is 0. The highest BCUT2D eigenvalue weighted by molar-refractivity contribution is 5.88.